The Morgan fingerprint density at radius 3 is 2.54 bits per heavy atom. The van der Waals surface area contributed by atoms with E-state index in [1.165, 1.54) is 0 Å². The van der Waals surface area contributed by atoms with E-state index in [2.05, 4.69) is 6.92 Å². The van der Waals surface area contributed by atoms with Crippen molar-refractivity contribution in [2.24, 2.45) is 11.7 Å². The first-order valence-corrected chi connectivity index (χ1v) is 4.99. The molecule has 0 aliphatic carbocycles. The quantitative estimate of drug-likeness (QED) is 0.508. The molecule has 0 rings (SSSR count). The number of nitrogens with two attached hydrogens (primary N) is 1. The van der Waals surface area contributed by atoms with E-state index in [0.29, 0.717) is 18.9 Å². The monoisotopic (exact) mass is 187 g/mol. The fraction of sp³-hybridized carbons (Fsp3) is 0.900. The van der Waals surface area contributed by atoms with Gasteiger partial charge in [0, 0.05) is 6.04 Å². The third kappa shape index (κ3) is 6.58. The van der Waals surface area contributed by atoms with E-state index in [0.717, 1.165) is 12.8 Å². The Kier molecular flexibility index (Phi) is 6.59. The highest BCUT2D eigenvalue weighted by molar-refractivity contribution is 5.70. The molecule has 0 saturated carbocycles. The molecule has 0 radical (unpaired) electrons. The first kappa shape index (κ1) is 12.4. The summed E-state index contributed by atoms with van der Waals surface area (Å²) in [5, 5.41) is 0. The van der Waals surface area contributed by atoms with Crippen molar-refractivity contribution in [2.75, 3.05) is 6.61 Å². The molecule has 0 aromatic carbocycles. The summed E-state index contributed by atoms with van der Waals surface area (Å²) in [6.45, 7) is 6.60. The molecule has 0 aromatic rings. The molecule has 0 aromatic heterocycles. The highest BCUT2D eigenvalue weighted by atomic mass is 16.5. The van der Waals surface area contributed by atoms with Crippen molar-refractivity contribution in [3.63, 3.8) is 0 Å². The summed E-state index contributed by atoms with van der Waals surface area (Å²) in [7, 11) is 0. The minimum Gasteiger partial charge on any atom is -0.466 e. The zero-order chi connectivity index (χ0) is 10.3. The molecule has 0 spiro atoms. The van der Waals surface area contributed by atoms with E-state index < -0.39 is 0 Å². The Morgan fingerprint density at radius 1 is 1.46 bits per heavy atom. The maximum atomic E-state index is 11.1. The molecule has 3 nitrogen and oxygen atoms in total. The molecule has 78 valence electrons. The molecule has 3 heteroatoms. The van der Waals surface area contributed by atoms with E-state index in [1.807, 2.05) is 13.8 Å². The number of hydrogen-bond acceptors (Lipinski definition) is 3. The Hall–Kier alpha value is -0.570. The van der Waals surface area contributed by atoms with Gasteiger partial charge >= 0.3 is 5.97 Å². The summed E-state index contributed by atoms with van der Waals surface area (Å²) in [6, 6.07) is -0.0749. The van der Waals surface area contributed by atoms with E-state index in [9.17, 15) is 4.79 Å². The SMILES string of the molecule is CCCCOC(=O)C[C@H](N)C(C)C. The molecule has 0 heterocycles. The van der Waals surface area contributed by atoms with Gasteiger partial charge in [-0.2, -0.15) is 0 Å². The molecule has 0 fully saturated rings. The number of ether oxygens (including phenoxy) is 1. The van der Waals surface area contributed by atoms with Gasteiger partial charge in [0.1, 0.15) is 0 Å². The van der Waals surface area contributed by atoms with Crippen molar-refractivity contribution in [1.29, 1.82) is 0 Å². The summed E-state index contributed by atoms with van der Waals surface area (Å²) >= 11 is 0. The van der Waals surface area contributed by atoms with E-state index in [4.69, 9.17) is 10.5 Å². The Labute approximate surface area is 80.6 Å². The van der Waals surface area contributed by atoms with Crippen LogP contribution in [-0.2, 0) is 9.53 Å². The predicted molar refractivity (Wildman–Crippen MR) is 53.3 cm³/mol. The summed E-state index contributed by atoms with van der Waals surface area (Å²) < 4.78 is 4.98. The van der Waals surface area contributed by atoms with Crippen molar-refractivity contribution < 1.29 is 9.53 Å². The maximum absolute atomic E-state index is 11.1. The molecule has 0 amide bonds. The van der Waals surface area contributed by atoms with Gasteiger partial charge in [0.05, 0.1) is 13.0 Å². The van der Waals surface area contributed by atoms with Crippen LogP contribution < -0.4 is 5.73 Å². The van der Waals surface area contributed by atoms with Crippen LogP contribution in [0.5, 0.6) is 0 Å². The largest absolute Gasteiger partial charge is 0.466 e. The van der Waals surface area contributed by atoms with Gasteiger partial charge < -0.3 is 10.5 Å². The first-order chi connectivity index (χ1) is 6.07. The second-order valence-electron chi connectivity index (χ2n) is 3.69. The van der Waals surface area contributed by atoms with Crippen LogP contribution in [-0.4, -0.2) is 18.6 Å². The summed E-state index contributed by atoms with van der Waals surface area (Å²) in [5.41, 5.74) is 5.72. The number of hydrogen-bond donors (Lipinski definition) is 1. The van der Waals surface area contributed by atoms with Crippen LogP contribution in [0, 0.1) is 5.92 Å². The number of rotatable bonds is 6. The molecule has 0 unspecified atom stereocenters. The minimum absolute atomic E-state index is 0.0749. The normalized spacial score (nSPS) is 13.0. The summed E-state index contributed by atoms with van der Waals surface area (Å²) in [4.78, 5) is 11.1. The van der Waals surface area contributed by atoms with E-state index in [-0.39, 0.29) is 12.0 Å². The zero-order valence-corrected chi connectivity index (χ0v) is 8.88. The fourth-order valence-electron chi connectivity index (χ4n) is 0.817. The summed E-state index contributed by atoms with van der Waals surface area (Å²) in [6.07, 6.45) is 2.31. The lowest BCUT2D eigenvalue weighted by Crippen LogP contribution is -2.30. The van der Waals surface area contributed by atoms with Gasteiger partial charge in [-0.25, -0.2) is 0 Å². The average molecular weight is 187 g/mol. The van der Waals surface area contributed by atoms with Crippen LogP contribution in [0.1, 0.15) is 40.0 Å². The smallest absolute Gasteiger partial charge is 0.307 e. The van der Waals surface area contributed by atoms with Crippen molar-refractivity contribution in [1.82, 2.24) is 0 Å². The van der Waals surface area contributed by atoms with Crippen LogP contribution in [0.25, 0.3) is 0 Å². The maximum Gasteiger partial charge on any atom is 0.307 e. The third-order valence-corrected chi connectivity index (χ3v) is 2.02. The van der Waals surface area contributed by atoms with Gasteiger partial charge in [0.25, 0.3) is 0 Å². The minimum atomic E-state index is -0.172. The standard InChI is InChI=1S/C10H21NO2/c1-4-5-6-13-10(12)7-9(11)8(2)3/h8-9H,4-7,11H2,1-3H3/t9-/m0/s1. The van der Waals surface area contributed by atoms with Gasteiger partial charge in [-0.05, 0) is 12.3 Å². The van der Waals surface area contributed by atoms with Gasteiger partial charge in [-0.3, -0.25) is 4.79 Å². The lowest BCUT2D eigenvalue weighted by molar-refractivity contribution is -0.144. The fourth-order valence-corrected chi connectivity index (χ4v) is 0.817. The van der Waals surface area contributed by atoms with Gasteiger partial charge in [0.2, 0.25) is 0 Å². The predicted octanol–water partition coefficient (Wildman–Crippen LogP) is 1.70. The number of carbonyl (C=O) groups is 1. The van der Waals surface area contributed by atoms with Crippen LogP contribution in [0.3, 0.4) is 0 Å². The number of esters is 1. The van der Waals surface area contributed by atoms with Crippen LogP contribution >= 0.6 is 0 Å². The van der Waals surface area contributed by atoms with Gasteiger partial charge in [-0.15, -0.1) is 0 Å². The van der Waals surface area contributed by atoms with Crippen molar-refractivity contribution >= 4 is 5.97 Å². The molecule has 2 N–H and O–H groups in total. The number of unbranched alkanes of at least 4 members (excludes halogenated alkanes) is 1. The molecule has 1 atom stereocenters. The van der Waals surface area contributed by atoms with E-state index in [1.54, 1.807) is 0 Å². The Balaban J connectivity index is 3.50. The van der Waals surface area contributed by atoms with Gasteiger partial charge in [-0.1, -0.05) is 27.2 Å². The van der Waals surface area contributed by atoms with Crippen molar-refractivity contribution in [3.05, 3.63) is 0 Å². The highest BCUT2D eigenvalue weighted by Gasteiger charge is 2.13. The van der Waals surface area contributed by atoms with Gasteiger partial charge in [0.15, 0.2) is 0 Å². The van der Waals surface area contributed by atoms with Crippen molar-refractivity contribution in [3.8, 4) is 0 Å². The lowest BCUT2D eigenvalue weighted by Gasteiger charge is -2.14. The second kappa shape index (κ2) is 6.89. The Bertz CT molecular complexity index is 146. The summed E-state index contributed by atoms with van der Waals surface area (Å²) in [5.74, 6) is 0.161. The zero-order valence-electron chi connectivity index (χ0n) is 8.88. The van der Waals surface area contributed by atoms with E-state index >= 15 is 0 Å². The van der Waals surface area contributed by atoms with Crippen molar-refractivity contribution in [2.45, 2.75) is 46.1 Å². The molecule has 0 aliphatic rings. The molecule has 0 bridgehead atoms. The third-order valence-electron chi connectivity index (χ3n) is 2.02. The Morgan fingerprint density at radius 2 is 2.08 bits per heavy atom. The second-order valence-corrected chi connectivity index (χ2v) is 3.69. The van der Waals surface area contributed by atoms with Crippen LogP contribution in [0.15, 0.2) is 0 Å². The highest BCUT2D eigenvalue weighted by Crippen LogP contribution is 2.04. The molecular formula is C10H21NO2. The number of carbonyl (C=O) groups excluding carboxylic acids is 1. The average Bonchev–Trinajstić information content (AvgIpc) is 2.04. The topological polar surface area (TPSA) is 52.3 Å². The van der Waals surface area contributed by atoms with Crippen LogP contribution in [0.2, 0.25) is 0 Å². The molecule has 13 heavy (non-hydrogen) atoms. The lowest BCUT2D eigenvalue weighted by atomic mass is 10.0. The molecule has 0 saturated heterocycles. The molecule has 0 aliphatic heterocycles. The molecular weight excluding hydrogens is 166 g/mol. The first-order valence-electron chi connectivity index (χ1n) is 4.99. The van der Waals surface area contributed by atoms with Crippen LogP contribution in [0.4, 0.5) is 0 Å².